The number of carbonyl (C=O) groups excluding carboxylic acids is 2. The van der Waals surface area contributed by atoms with Crippen LogP contribution in [0.15, 0.2) is 52.1 Å². The molecule has 3 aromatic rings. The summed E-state index contributed by atoms with van der Waals surface area (Å²) in [5, 5.41) is 15.0. The maximum Gasteiger partial charge on any atom is 0.252 e. The van der Waals surface area contributed by atoms with Crippen LogP contribution in [0.5, 0.6) is 11.5 Å². The molecule has 1 aromatic heterocycles. The molecule has 9 nitrogen and oxygen atoms in total. The van der Waals surface area contributed by atoms with Gasteiger partial charge >= 0.3 is 0 Å². The fourth-order valence-corrected chi connectivity index (χ4v) is 4.36. The number of nitrogens with zero attached hydrogens (tertiary/aromatic N) is 3. The Hall–Kier alpha value is -3.05. The molecule has 0 fully saturated rings. The van der Waals surface area contributed by atoms with Crippen molar-refractivity contribution in [3.8, 4) is 11.5 Å². The van der Waals surface area contributed by atoms with E-state index in [1.165, 1.54) is 11.8 Å². The Morgan fingerprint density at radius 1 is 1.12 bits per heavy atom. The number of aromatic nitrogens is 3. The molecule has 0 aliphatic carbocycles. The lowest BCUT2D eigenvalue weighted by atomic mass is 10.0. The van der Waals surface area contributed by atoms with E-state index in [-0.39, 0.29) is 36.3 Å². The molecular weight excluding hydrogens is 522 g/mol. The van der Waals surface area contributed by atoms with E-state index in [4.69, 9.17) is 9.47 Å². The highest BCUT2D eigenvalue weighted by molar-refractivity contribution is 9.10. The molecule has 0 spiro atoms. The van der Waals surface area contributed by atoms with Crippen LogP contribution < -0.4 is 20.1 Å². The lowest BCUT2D eigenvalue weighted by Crippen LogP contribution is -2.33. The molecule has 1 aliphatic rings. The third kappa shape index (κ3) is 5.53. The fourth-order valence-electron chi connectivity index (χ4n) is 3.37. The molecule has 0 saturated heterocycles. The first-order valence-electron chi connectivity index (χ1n) is 10.6. The normalized spacial score (nSPS) is 13.1. The van der Waals surface area contributed by atoms with E-state index in [0.717, 1.165) is 10.2 Å². The zero-order valence-corrected chi connectivity index (χ0v) is 21.3. The summed E-state index contributed by atoms with van der Waals surface area (Å²) in [6, 6.07) is 12.1. The average Bonchev–Trinajstić information content (AvgIpc) is 3.43. The minimum Gasteiger partial charge on any atom is -0.454 e. The van der Waals surface area contributed by atoms with Crippen molar-refractivity contribution in [1.29, 1.82) is 0 Å². The first-order chi connectivity index (χ1) is 16.3. The second-order valence-corrected chi connectivity index (χ2v) is 9.86. The molecular formula is C23H24BrN5O4S. The second kappa shape index (κ2) is 10.5. The van der Waals surface area contributed by atoms with Gasteiger partial charge in [0.25, 0.3) is 5.91 Å². The molecule has 4 rings (SSSR count). The van der Waals surface area contributed by atoms with Gasteiger partial charge in [0.15, 0.2) is 22.5 Å². The van der Waals surface area contributed by atoms with Gasteiger partial charge in [-0.1, -0.05) is 41.5 Å². The molecule has 178 valence electrons. The van der Waals surface area contributed by atoms with Crippen LogP contribution in [0, 0.1) is 5.92 Å². The first-order valence-corrected chi connectivity index (χ1v) is 12.4. The standard InChI is InChI=1S/C23H24BrN5O4S/c1-13(2)20(26-22(31)14-4-9-17-18(10-14)33-12-32-17)21-27-28-23(29(21)3)34-11-19(30)25-16-7-5-15(24)6-8-16/h4-10,13,20H,11-12H2,1-3H3,(H,25,30)(H,26,31). The van der Waals surface area contributed by atoms with Crippen LogP contribution in [0.1, 0.15) is 36.1 Å². The number of carbonyl (C=O) groups is 2. The van der Waals surface area contributed by atoms with Crippen molar-refractivity contribution in [3.63, 3.8) is 0 Å². The molecule has 1 unspecified atom stereocenters. The highest BCUT2D eigenvalue weighted by atomic mass is 79.9. The minimum atomic E-state index is -0.374. The van der Waals surface area contributed by atoms with E-state index < -0.39 is 0 Å². The highest BCUT2D eigenvalue weighted by Gasteiger charge is 2.26. The Labute approximate surface area is 209 Å². The van der Waals surface area contributed by atoms with E-state index in [0.29, 0.717) is 28.0 Å². The number of nitrogens with one attached hydrogen (secondary N) is 2. The van der Waals surface area contributed by atoms with E-state index in [2.05, 4.69) is 36.8 Å². The highest BCUT2D eigenvalue weighted by Crippen LogP contribution is 2.33. The van der Waals surface area contributed by atoms with Gasteiger partial charge in [-0.05, 0) is 48.4 Å². The zero-order valence-electron chi connectivity index (χ0n) is 18.9. The van der Waals surface area contributed by atoms with Gasteiger partial charge in [0.05, 0.1) is 11.8 Å². The van der Waals surface area contributed by atoms with Crippen LogP contribution in [0.3, 0.4) is 0 Å². The van der Waals surface area contributed by atoms with Crippen LogP contribution >= 0.6 is 27.7 Å². The molecule has 34 heavy (non-hydrogen) atoms. The van der Waals surface area contributed by atoms with Gasteiger partial charge in [-0.2, -0.15) is 0 Å². The van der Waals surface area contributed by atoms with Crippen molar-refractivity contribution in [2.45, 2.75) is 25.0 Å². The van der Waals surface area contributed by atoms with Crippen molar-refractivity contribution in [2.24, 2.45) is 13.0 Å². The van der Waals surface area contributed by atoms with Crippen LogP contribution in [0.4, 0.5) is 5.69 Å². The molecule has 2 heterocycles. The topological polar surface area (TPSA) is 107 Å². The fraction of sp³-hybridized carbons (Fsp3) is 0.304. The monoisotopic (exact) mass is 545 g/mol. The number of thioether (sulfide) groups is 1. The lowest BCUT2D eigenvalue weighted by molar-refractivity contribution is -0.113. The summed E-state index contributed by atoms with van der Waals surface area (Å²) in [7, 11) is 1.83. The molecule has 2 amide bonds. The molecule has 0 saturated carbocycles. The first kappa shape index (κ1) is 24.1. The molecule has 1 atom stereocenters. The lowest BCUT2D eigenvalue weighted by Gasteiger charge is -2.21. The number of halogens is 1. The average molecular weight is 546 g/mol. The summed E-state index contributed by atoms with van der Waals surface area (Å²) >= 11 is 4.65. The summed E-state index contributed by atoms with van der Waals surface area (Å²) in [5.74, 6) is 1.62. The molecule has 0 bridgehead atoms. The number of hydrogen-bond acceptors (Lipinski definition) is 7. The summed E-state index contributed by atoms with van der Waals surface area (Å²) in [4.78, 5) is 25.3. The van der Waals surface area contributed by atoms with Crippen molar-refractivity contribution in [2.75, 3.05) is 17.9 Å². The van der Waals surface area contributed by atoms with Crippen LogP contribution in [0.2, 0.25) is 0 Å². The number of ether oxygens (including phenoxy) is 2. The number of anilines is 1. The SMILES string of the molecule is CC(C)C(NC(=O)c1ccc2c(c1)OCO2)c1nnc(SCC(=O)Nc2ccc(Br)cc2)n1C. The quantitative estimate of drug-likeness (QED) is 0.409. The van der Waals surface area contributed by atoms with Crippen molar-refractivity contribution < 1.29 is 19.1 Å². The summed E-state index contributed by atoms with van der Waals surface area (Å²) < 4.78 is 13.4. The molecule has 11 heteroatoms. The van der Waals surface area contributed by atoms with Gasteiger partial charge in [-0.3, -0.25) is 9.59 Å². The zero-order chi connectivity index (χ0) is 24.2. The van der Waals surface area contributed by atoms with Gasteiger partial charge in [0, 0.05) is 22.8 Å². The molecule has 2 N–H and O–H groups in total. The number of amides is 2. The predicted octanol–water partition coefficient (Wildman–Crippen LogP) is 4.16. The maximum absolute atomic E-state index is 12.9. The molecule has 1 aliphatic heterocycles. The van der Waals surface area contributed by atoms with Crippen molar-refractivity contribution in [1.82, 2.24) is 20.1 Å². The van der Waals surface area contributed by atoms with E-state index >= 15 is 0 Å². The van der Waals surface area contributed by atoms with Crippen molar-refractivity contribution in [3.05, 3.63) is 58.3 Å². The van der Waals surface area contributed by atoms with Gasteiger partial charge in [-0.25, -0.2) is 0 Å². The Morgan fingerprint density at radius 2 is 1.85 bits per heavy atom. The number of rotatable bonds is 8. The van der Waals surface area contributed by atoms with E-state index in [1.807, 2.05) is 49.7 Å². The second-order valence-electron chi connectivity index (χ2n) is 8.01. The Kier molecular flexibility index (Phi) is 7.42. The Balaban J connectivity index is 1.41. The van der Waals surface area contributed by atoms with Crippen LogP contribution in [-0.2, 0) is 11.8 Å². The van der Waals surface area contributed by atoms with Gasteiger partial charge < -0.3 is 24.7 Å². The van der Waals surface area contributed by atoms with Crippen LogP contribution in [-0.4, -0.2) is 39.1 Å². The Bertz CT molecular complexity index is 1200. The predicted molar refractivity (Wildman–Crippen MR) is 132 cm³/mol. The smallest absolute Gasteiger partial charge is 0.252 e. The number of benzene rings is 2. The summed E-state index contributed by atoms with van der Waals surface area (Å²) in [6.07, 6.45) is 0. The number of hydrogen-bond donors (Lipinski definition) is 2. The summed E-state index contributed by atoms with van der Waals surface area (Å²) in [6.45, 7) is 4.14. The van der Waals surface area contributed by atoms with E-state index in [1.54, 1.807) is 18.2 Å². The van der Waals surface area contributed by atoms with Gasteiger partial charge in [0.1, 0.15) is 0 Å². The summed E-state index contributed by atoms with van der Waals surface area (Å²) in [5.41, 5.74) is 1.19. The van der Waals surface area contributed by atoms with Gasteiger partial charge in [0.2, 0.25) is 12.7 Å². The Morgan fingerprint density at radius 3 is 2.59 bits per heavy atom. The maximum atomic E-state index is 12.9. The third-order valence-corrected chi connectivity index (χ3v) is 6.74. The molecule has 2 aromatic carbocycles. The van der Waals surface area contributed by atoms with Crippen molar-refractivity contribution >= 4 is 45.2 Å². The van der Waals surface area contributed by atoms with Crippen LogP contribution in [0.25, 0.3) is 0 Å². The third-order valence-electron chi connectivity index (χ3n) is 5.20. The van der Waals surface area contributed by atoms with Gasteiger partial charge in [-0.15, -0.1) is 10.2 Å². The minimum absolute atomic E-state index is 0.0550. The molecule has 0 radical (unpaired) electrons. The number of fused-ring (bicyclic) bond motifs is 1. The largest absolute Gasteiger partial charge is 0.454 e. The van der Waals surface area contributed by atoms with E-state index in [9.17, 15) is 9.59 Å².